The first-order valence-corrected chi connectivity index (χ1v) is 7.20. The number of alkyl halides is 6. The molecule has 9 heteroatoms. The molecule has 2 aromatic carbocycles. The number of anilines is 1. The number of rotatable bonds is 1. The number of imide groups is 1. The standard InChI is InChI=1S/C17H9F6NO2/c1-8-12(17(21,22)23)6-9(16(18,19)20)7-13(8)24-14(25)10-4-2-3-5-11(10)15(24)26/h2-7H,1H3. The van der Waals surface area contributed by atoms with Gasteiger partial charge in [-0.3, -0.25) is 9.59 Å². The molecule has 26 heavy (non-hydrogen) atoms. The molecular weight excluding hydrogens is 364 g/mol. The van der Waals surface area contributed by atoms with E-state index in [1.165, 1.54) is 24.3 Å². The molecular formula is C17H9F6NO2. The smallest absolute Gasteiger partial charge is 0.268 e. The molecule has 0 aromatic heterocycles. The molecule has 0 aliphatic carbocycles. The van der Waals surface area contributed by atoms with E-state index in [0.717, 1.165) is 6.92 Å². The predicted octanol–water partition coefficient (Wildman–Crippen LogP) is 4.83. The minimum Gasteiger partial charge on any atom is -0.268 e. The maximum absolute atomic E-state index is 13.2. The van der Waals surface area contributed by atoms with Crippen molar-refractivity contribution in [2.75, 3.05) is 4.90 Å². The van der Waals surface area contributed by atoms with Gasteiger partial charge in [-0.15, -0.1) is 0 Å². The van der Waals surface area contributed by atoms with Gasteiger partial charge in [0.15, 0.2) is 0 Å². The number of hydrogen-bond acceptors (Lipinski definition) is 2. The Morgan fingerprint density at radius 2 is 1.31 bits per heavy atom. The first kappa shape index (κ1) is 18.0. The highest BCUT2D eigenvalue weighted by Gasteiger charge is 2.43. The molecule has 0 radical (unpaired) electrons. The fraction of sp³-hybridized carbons (Fsp3) is 0.176. The van der Waals surface area contributed by atoms with Gasteiger partial charge < -0.3 is 0 Å². The van der Waals surface area contributed by atoms with Crippen LogP contribution >= 0.6 is 0 Å². The fourth-order valence-corrected chi connectivity index (χ4v) is 2.80. The fourth-order valence-electron chi connectivity index (χ4n) is 2.80. The van der Waals surface area contributed by atoms with E-state index in [9.17, 15) is 35.9 Å². The average molecular weight is 373 g/mol. The monoisotopic (exact) mass is 373 g/mol. The lowest BCUT2D eigenvalue weighted by Crippen LogP contribution is -2.31. The Morgan fingerprint density at radius 1 is 0.808 bits per heavy atom. The van der Waals surface area contributed by atoms with Gasteiger partial charge in [-0.2, -0.15) is 26.3 Å². The second-order valence-corrected chi connectivity index (χ2v) is 5.65. The average Bonchev–Trinajstić information content (AvgIpc) is 2.78. The van der Waals surface area contributed by atoms with E-state index in [0.29, 0.717) is 11.0 Å². The van der Waals surface area contributed by atoms with E-state index in [-0.39, 0.29) is 17.2 Å². The number of nitrogens with zero attached hydrogens (tertiary/aromatic N) is 1. The summed E-state index contributed by atoms with van der Waals surface area (Å²) in [5.74, 6) is -1.94. The summed E-state index contributed by atoms with van der Waals surface area (Å²) in [5, 5.41) is 0. The topological polar surface area (TPSA) is 37.4 Å². The van der Waals surface area contributed by atoms with Crippen LogP contribution in [-0.2, 0) is 12.4 Å². The highest BCUT2D eigenvalue weighted by molar-refractivity contribution is 6.34. The zero-order valence-electron chi connectivity index (χ0n) is 13.0. The van der Waals surface area contributed by atoms with Crippen LogP contribution in [0.25, 0.3) is 0 Å². The summed E-state index contributed by atoms with van der Waals surface area (Å²) >= 11 is 0. The maximum Gasteiger partial charge on any atom is 0.416 e. The molecule has 1 heterocycles. The molecule has 0 N–H and O–H groups in total. The first-order chi connectivity index (χ1) is 11.9. The summed E-state index contributed by atoms with van der Waals surface area (Å²) in [6.45, 7) is 0.919. The van der Waals surface area contributed by atoms with Crippen molar-refractivity contribution in [1.29, 1.82) is 0 Å². The SMILES string of the molecule is Cc1c(N2C(=O)c3ccccc3C2=O)cc(C(F)(F)F)cc1C(F)(F)F. The van der Waals surface area contributed by atoms with Crippen molar-refractivity contribution in [3.63, 3.8) is 0 Å². The van der Waals surface area contributed by atoms with E-state index >= 15 is 0 Å². The molecule has 0 bridgehead atoms. The van der Waals surface area contributed by atoms with Crippen molar-refractivity contribution in [1.82, 2.24) is 0 Å². The van der Waals surface area contributed by atoms with E-state index < -0.39 is 46.5 Å². The van der Waals surface area contributed by atoms with Crippen molar-refractivity contribution < 1.29 is 35.9 Å². The molecule has 0 unspecified atom stereocenters. The quantitative estimate of drug-likeness (QED) is 0.530. The zero-order chi connectivity index (χ0) is 19.4. The summed E-state index contributed by atoms with van der Waals surface area (Å²) in [4.78, 5) is 25.2. The van der Waals surface area contributed by atoms with Gasteiger partial charge in [-0.25, -0.2) is 4.90 Å². The Bertz CT molecular complexity index is 895. The molecule has 2 amide bonds. The molecule has 0 atom stereocenters. The molecule has 0 saturated heterocycles. The van der Waals surface area contributed by atoms with Crippen LogP contribution in [0.4, 0.5) is 32.0 Å². The number of amides is 2. The van der Waals surface area contributed by atoms with Gasteiger partial charge in [0.2, 0.25) is 0 Å². The second-order valence-electron chi connectivity index (χ2n) is 5.65. The van der Waals surface area contributed by atoms with Crippen molar-refractivity contribution in [3.05, 3.63) is 64.2 Å². The van der Waals surface area contributed by atoms with Crippen LogP contribution in [0.3, 0.4) is 0 Å². The van der Waals surface area contributed by atoms with Crippen LogP contribution in [0.5, 0.6) is 0 Å². The number of carbonyl (C=O) groups excluding carboxylic acids is 2. The van der Waals surface area contributed by atoms with E-state index in [2.05, 4.69) is 0 Å². The third kappa shape index (κ3) is 2.73. The van der Waals surface area contributed by atoms with Crippen molar-refractivity contribution in [2.45, 2.75) is 19.3 Å². The van der Waals surface area contributed by atoms with Gasteiger partial charge in [-0.1, -0.05) is 12.1 Å². The van der Waals surface area contributed by atoms with Crippen molar-refractivity contribution >= 4 is 17.5 Å². The summed E-state index contributed by atoms with van der Waals surface area (Å²) in [5.41, 5.74) is -4.69. The van der Waals surface area contributed by atoms with E-state index in [4.69, 9.17) is 0 Å². The lowest BCUT2D eigenvalue weighted by molar-refractivity contribution is -0.143. The van der Waals surface area contributed by atoms with Gasteiger partial charge in [0.1, 0.15) is 0 Å². The molecule has 3 rings (SSSR count). The highest BCUT2D eigenvalue weighted by Crippen LogP contribution is 2.42. The summed E-state index contributed by atoms with van der Waals surface area (Å²) in [6.07, 6.45) is -10.2. The second kappa shape index (κ2) is 5.58. The Kier molecular flexibility index (Phi) is 3.86. The summed E-state index contributed by atoms with van der Waals surface area (Å²) in [6, 6.07) is 5.79. The van der Waals surface area contributed by atoms with Crippen LogP contribution in [0, 0.1) is 6.92 Å². The summed E-state index contributed by atoms with van der Waals surface area (Å²) in [7, 11) is 0. The van der Waals surface area contributed by atoms with Crippen LogP contribution in [0.15, 0.2) is 36.4 Å². The molecule has 2 aromatic rings. The Hall–Kier alpha value is -2.84. The van der Waals surface area contributed by atoms with Crippen LogP contribution in [0.2, 0.25) is 0 Å². The third-order valence-electron chi connectivity index (χ3n) is 4.05. The zero-order valence-corrected chi connectivity index (χ0v) is 13.0. The van der Waals surface area contributed by atoms with Crippen molar-refractivity contribution in [3.8, 4) is 0 Å². The molecule has 0 saturated carbocycles. The molecule has 0 fully saturated rings. The van der Waals surface area contributed by atoms with Gasteiger partial charge in [0, 0.05) is 0 Å². The van der Waals surface area contributed by atoms with Crippen LogP contribution < -0.4 is 4.90 Å². The van der Waals surface area contributed by atoms with E-state index in [1.807, 2.05) is 0 Å². The van der Waals surface area contributed by atoms with Crippen molar-refractivity contribution in [2.24, 2.45) is 0 Å². The molecule has 0 spiro atoms. The van der Waals surface area contributed by atoms with Crippen LogP contribution in [-0.4, -0.2) is 11.8 Å². The first-order valence-electron chi connectivity index (χ1n) is 7.20. The lowest BCUT2D eigenvalue weighted by Gasteiger charge is -2.22. The molecule has 1 aliphatic heterocycles. The van der Waals surface area contributed by atoms with Gasteiger partial charge in [0.05, 0.1) is 27.9 Å². The number of carbonyl (C=O) groups is 2. The Balaban J connectivity index is 2.26. The highest BCUT2D eigenvalue weighted by atomic mass is 19.4. The van der Waals surface area contributed by atoms with Gasteiger partial charge in [0.25, 0.3) is 11.8 Å². The van der Waals surface area contributed by atoms with Gasteiger partial charge in [-0.05, 0) is 36.8 Å². The van der Waals surface area contributed by atoms with E-state index in [1.54, 1.807) is 0 Å². The minimum absolute atomic E-state index is 0.0308. The Labute approximate surface area is 142 Å². The third-order valence-corrected chi connectivity index (χ3v) is 4.05. The number of hydrogen-bond donors (Lipinski definition) is 0. The normalized spacial score (nSPS) is 14.8. The number of benzene rings is 2. The number of halogens is 6. The summed E-state index contributed by atoms with van der Waals surface area (Å²) < 4.78 is 78.7. The minimum atomic E-state index is -5.08. The maximum atomic E-state index is 13.2. The predicted molar refractivity (Wildman–Crippen MR) is 78.8 cm³/mol. The van der Waals surface area contributed by atoms with Gasteiger partial charge >= 0.3 is 12.4 Å². The van der Waals surface area contributed by atoms with Crippen LogP contribution in [0.1, 0.15) is 37.4 Å². The molecule has 3 nitrogen and oxygen atoms in total. The number of fused-ring (bicyclic) bond motifs is 1. The molecule has 1 aliphatic rings. The Morgan fingerprint density at radius 3 is 1.73 bits per heavy atom. The lowest BCUT2D eigenvalue weighted by atomic mass is 10.0. The molecule has 136 valence electrons. The largest absolute Gasteiger partial charge is 0.416 e.